The van der Waals surface area contributed by atoms with E-state index in [1.165, 1.54) is 31.4 Å². The Balaban J connectivity index is 2.86. The SMILES string of the molecule is COC(=O)Nc1ccc(S(N)(=O)=O)cc1. The maximum Gasteiger partial charge on any atom is 0.411 e. The summed E-state index contributed by atoms with van der Waals surface area (Å²) in [7, 11) is -2.47. The Morgan fingerprint density at radius 3 is 2.27 bits per heavy atom. The summed E-state index contributed by atoms with van der Waals surface area (Å²) in [6.07, 6.45) is -0.627. The number of methoxy groups -OCH3 is 1. The number of hydrogen-bond donors (Lipinski definition) is 2. The van der Waals surface area contributed by atoms with Crippen LogP contribution in [0.15, 0.2) is 29.2 Å². The zero-order valence-corrected chi connectivity index (χ0v) is 8.74. The summed E-state index contributed by atoms with van der Waals surface area (Å²) in [6.45, 7) is 0. The molecular weight excluding hydrogens is 220 g/mol. The Morgan fingerprint density at radius 2 is 1.87 bits per heavy atom. The van der Waals surface area contributed by atoms with E-state index in [9.17, 15) is 13.2 Å². The van der Waals surface area contributed by atoms with Gasteiger partial charge in [0.2, 0.25) is 10.0 Å². The minimum atomic E-state index is -3.70. The molecule has 0 aliphatic rings. The Labute approximate surface area is 87.1 Å². The molecule has 3 N–H and O–H groups in total. The Hall–Kier alpha value is -1.60. The van der Waals surface area contributed by atoms with Crippen LogP contribution in [0.25, 0.3) is 0 Å². The van der Waals surface area contributed by atoms with Gasteiger partial charge in [0.25, 0.3) is 0 Å². The van der Waals surface area contributed by atoms with Crippen molar-refractivity contribution in [2.75, 3.05) is 12.4 Å². The van der Waals surface area contributed by atoms with Crippen LogP contribution in [-0.2, 0) is 14.8 Å². The van der Waals surface area contributed by atoms with E-state index in [-0.39, 0.29) is 4.90 Å². The van der Waals surface area contributed by atoms with Gasteiger partial charge < -0.3 is 4.74 Å². The van der Waals surface area contributed by atoms with Gasteiger partial charge in [-0.3, -0.25) is 5.32 Å². The number of ether oxygens (including phenoxy) is 1. The van der Waals surface area contributed by atoms with Gasteiger partial charge in [-0.05, 0) is 24.3 Å². The van der Waals surface area contributed by atoms with Crippen LogP contribution in [0.2, 0.25) is 0 Å². The maximum absolute atomic E-state index is 10.9. The van der Waals surface area contributed by atoms with Crippen molar-refractivity contribution in [2.24, 2.45) is 5.14 Å². The van der Waals surface area contributed by atoms with Gasteiger partial charge in [0.05, 0.1) is 12.0 Å². The van der Waals surface area contributed by atoms with Crippen molar-refractivity contribution in [1.29, 1.82) is 0 Å². The first-order valence-corrected chi connectivity index (χ1v) is 5.46. The van der Waals surface area contributed by atoms with Crippen LogP contribution in [0, 0.1) is 0 Å². The Bertz CT molecular complexity index is 452. The molecule has 0 atom stereocenters. The molecule has 7 heteroatoms. The number of rotatable bonds is 2. The van der Waals surface area contributed by atoms with Crippen LogP contribution < -0.4 is 10.5 Å². The number of sulfonamides is 1. The molecule has 0 aliphatic carbocycles. The molecule has 0 bridgehead atoms. The lowest BCUT2D eigenvalue weighted by Crippen LogP contribution is -2.13. The molecule has 1 aromatic rings. The summed E-state index contributed by atoms with van der Waals surface area (Å²) >= 11 is 0. The molecular formula is C8H10N2O4S. The fraction of sp³-hybridized carbons (Fsp3) is 0.125. The van der Waals surface area contributed by atoms with Gasteiger partial charge in [-0.2, -0.15) is 0 Å². The number of carbonyl (C=O) groups excluding carboxylic acids is 1. The number of nitrogens with one attached hydrogen (secondary N) is 1. The van der Waals surface area contributed by atoms with Crippen molar-refractivity contribution in [2.45, 2.75) is 4.90 Å². The topological polar surface area (TPSA) is 98.5 Å². The fourth-order valence-electron chi connectivity index (χ4n) is 0.897. The van der Waals surface area contributed by atoms with Crippen LogP contribution >= 0.6 is 0 Å². The van der Waals surface area contributed by atoms with E-state index in [1.807, 2.05) is 0 Å². The molecule has 15 heavy (non-hydrogen) atoms. The highest BCUT2D eigenvalue weighted by Crippen LogP contribution is 2.12. The molecule has 0 unspecified atom stereocenters. The number of benzene rings is 1. The third-order valence-corrected chi connectivity index (χ3v) is 2.54. The summed E-state index contributed by atoms with van der Waals surface area (Å²) in [4.78, 5) is 10.8. The van der Waals surface area contributed by atoms with Crippen LogP contribution in [0.4, 0.5) is 10.5 Å². The molecule has 0 heterocycles. The van der Waals surface area contributed by atoms with Crippen LogP contribution in [0.1, 0.15) is 0 Å². The molecule has 1 aromatic carbocycles. The van der Waals surface area contributed by atoms with Crippen molar-refractivity contribution < 1.29 is 17.9 Å². The highest BCUT2D eigenvalue weighted by molar-refractivity contribution is 7.89. The summed E-state index contributed by atoms with van der Waals surface area (Å²) in [5, 5.41) is 7.27. The lowest BCUT2D eigenvalue weighted by Gasteiger charge is -2.03. The number of hydrogen-bond acceptors (Lipinski definition) is 4. The zero-order valence-electron chi connectivity index (χ0n) is 7.93. The minimum absolute atomic E-state index is 0.0158. The van der Waals surface area contributed by atoms with E-state index in [2.05, 4.69) is 10.1 Å². The van der Waals surface area contributed by atoms with Crippen LogP contribution in [-0.4, -0.2) is 21.6 Å². The second-order valence-corrected chi connectivity index (χ2v) is 4.25. The number of anilines is 1. The molecule has 6 nitrogen and oxygen atoms in total. The molecule has 0 saturated heterocycles. The average molecular weight is 230 g/mol. The smallest absolute Gasteiger partial charge is 0.411 e. The lowest BCUT2D eigenvalue weighted by atomic mass is 10.3. The van der Waals surface area contributed by atoms with Gasteiger partial charge in [0, 0.05) is 5.69 Å². The fourth-order valence-corrected chi connectivity index (χ4v) is 1.41. The second-order valence-electron chi connectivity index (χ2n) is 2.69. The van der Waals surface area contributed by atoms with Crippen molar-refractivity contribution in [1.82, 2.24) is 0 Å². The summed E-state index contributed by atoms with van der Waals surface area (Å²) in [6, 6.07) is 5.41. The largest absolute Gasteiger partial charge is 0.453 e. The molecule has 1 rings (SSSR count). The number of amides is 1. The predicted octanol–water partition coefficient (Wildman–Crippen LogP) is 0.512. The van der Waals surface area contributed by atoms with Gasteiger partial charge in [0.15, 0.2) is 0 Å². The molecule has 0 spiro atoms. The zero-order chi connectivity index (χ0) is 11.5. The summed E-state index contributed by atoms with van der Waals surface area (Å²) in [5.41, 5.74) is 0.425. The minimum Gasteiger partial charge on any atom is -0.453 e. The molecule has 0 saturated carbocycles. The molecule has 82 valence electrons. The van der Waals surface area contributed by atoms with Gasteiger partial charge in [0.1, 0.15) is 0 Å². The number of carbonyl (C=O) groups is 1. The predicted molar refractivity (Wildman–Crippen MR) is 53.8 cm³/mol. The monoisotopic (exact) mass is 230 g/mol. The van der Waals surface area contributed by atoms with E-state index < -0.39 is 16.1 Å². The third kappa shape index (κ3) is 3.22. The van der Waals surface area contributed by atoms with Crippen LogP contribution in [0.5, 0.6) is 0 Å². The van der Waals surface area contributed by atoms with Crippen LogP contribution in [0.3, 0.4) is 0 Å². The third-order valence-electron chi connectivity index (χ3n) is 1.61. The molecule has 1 amide bonds. The van der Waals surface area contributed by atoms with E-state index in [4.69, 9.17) is 5.14 Å². The van der Waals surface area contributed by atoms with Crippen molar-refractivity contribution in [3.05, 3.63) is 24.3 Å². The summed E-state index contributed by atoms with van der Waals surface area (Å²) < 4.78 is 26.1. The molecule has 0 radical (unpaired) electrons. The van der Waals surface area contributed by atoms with Gasteiger partial charge in [-0.1, -0.05) is 0 Å². The number of primary sulfonamides is 1. The molecule has 0 aliphatic heterocycles. The normalized spacial score (nSPS) is 10.8. The van der Waals surface area contributed by atoms with E-state index in [0.717, 1.165) is 0 Å². The molecule has 0 aromatic heterocycles. The highest BCUT2D eigenvalue weighted by Gasteiger charge is 2.07. The average Bonchev–Trinajstić information content (AvgIpc) is 2.17. The van der Waals surface area contributed by atoms with Gasteiger partial charge in [-0.15, -0.1) is 0 Å². The van der Waals surface area contributed by atoms with Gasteiger partial charge in [-0.25, -0.2) is 18.4 Å². The first-order valence-electron chi connectivity index (χ1n) is 3.91. The van der Waals surface area contributed by atoms with Crippen molar-refractivity contribution in [3.63, 3.8) is 0 Å². The van der Waals surface area contributed by atoms with Gasteiger partial charge >= 0.3 is 6.09 Å². The summed E-state index contributed by atoms with van der Waals surface area (Å²) in [5.74, 6) is 0. The first-order chi connectivity index (χ1) is 6.93. The first kappa shape index (κ1) is 11.5. The molecule has 0 fully saturated rings. The second kappa shape index (κ2) is 4.28. The maximum atomic E-state index is 10.9. The standard InChI is InChI=1S/C8H10N2O4S/c1-14-8(11)10-6-2-4-7(5-3-6)15(9,12)13/h2-5H,1H3,(H,10,11)(H2,9,12,13). The lowest BCUT2D eigenvalue weighted by molar-refractivity contribution is 0.187. The van der Waals surface area contributed by atoms with Crippen molar-refractivity contribution >= 4 is 21.8 Å². The Morgan fingerprint density at radius 1 is 1.33 bits per heavy atom. The Kier molecular flexibility index (Phi) is 3.28. The number of nitrogens with two attached hydrogens (primary N) is 1. The van der Waals surface area contributed by atoms with E-state index in [0.29, 0.717) is 5.69 Å². The van der Waals surface area contributed by atoms with E-state index >= 15 is 0 Å². The van der Waals surface area contributed by atoms with E-state index in [1.54, 1.807) is 0 Å². The quantitative estimate of drug-likeness (QED) is 0.773. The highest BCUT2D eigenvalue weighted by atomic mass is 32.2. The van der Waals surface area contributed by atoms with Crippen molar-refractivity contribution in [3.8, 4) is 0 Å².